The van der Waals surface area contributed by atoms with Crippen LogP contribution in [0.4, 0.5) is 0 Å². The molecule has 2 N–H and O–H groups in total. The minimum atomic E-state index is -0.576. The molecule has 0 bridgehead atoms. The SMILES string of the molecule is COc1ccc(Cn2ncc(C(N)=O)c2CC(=O)C(C)(C)C)cc1. The number of amides is 1. The number of nitrogens with zero attached hydrogens (tertiary/aromatic N) is 2. The van der Waals surface area contributed by atoms with Gasteiger partial charge in [-0.05, 0) is 17.7 Å². The van der Waals surface area contributed by atoms with Crippen LogP contribution >= 0.6 is 0 Å². The molecule has 0 aliphatic carbocycles. The van der Waals surface area contributed by atoms with Crippen molar-refractivity contribution in [1.29, 1.82) is 0 Å². The van der Waals surface area contributed by atoms with Crippen molar-refractivity contribution >= 4 is 11.7 Å². The zero-order chi connectivity index (χ0) is 17.9. The van der Waals surface area contributed by atoms with Gasteiger partial charge in [0, 0.05) is 11.8 Å². The summed E-state index contributed by atoms with van der Waals surface area (Å²) < 4.78 is 6.80. The monoisotopic (exact) mass is 329 g/mol. The van der Waals surface area contributed by atoms with Crippen molar-refractivity contribution in [3.05, 3.63) is 47.3 Å². The highest BCUT2D eigenvalue weighted by molar-refractivity contribution is 5.96. The molecule has 6 heteroatoms. The smallest absolute Gasteiger partial charge is 0.252 e. The first-order valence-electron chi connectivity index (χ1n) is 7.73. The summed E-state index contributed by atoms with van der Waals surface area (Å²) in [5, 5.41) is 4.24. The van der Waals surface area contributed by atoms with Crippen LogP contribution in [0.15, 0.2) is 30.5 Å². The Bertz CT molecular complexity index is 740. The number of rotatable bonds is 6. The van der Waals surface area contributed by atoms with Gasteiger partial charge in [0.1, 0.15) is 11.5 Å². The molecule has 1 aromatic carbocycles. The third-order valence-corrected chi connectivity index (χ3v) is 3.87. The maximum atomic E-state index is 12.4. The molecule has 1 aromatic heterocycles. The number of benzene rings is 1. The number of ketones is 1. The van der Waals surface area contributed by atoms with Gasteiger partial charge in [-0.3, -0.25) is 14.3 Å². The quantitative estimate of drug-likeness (QED) is 0.880. The molecule has 2 rings (SSSR count). The van der Waals surface area contributed by atoms with Crippen LogP contribution in [-0.2, 0) is 17.8 Å². The molecule has 2 aromatic rings. The third kappa shape index (κ3) is 4.01. The molecule has 0 unspecified atom stereocenters. The zero-order valence-electron chi connectivity index (χ0n) is 14.5. The molecule has 0 radical (unpaired) electrons. The number of ether oxygens (including phenoxy) is 1. The van der Waals surface area contributed by atoms with E-state index in [4.69, 9.17) is 10.5 Å². The summed E-state index contributed by atoms with van der Waals surface area (Å²) in [7, 11) is 1.61. The fourth-order valence-electron chi connectivity index (χ4n) is 2.26. The lowest BCUT2D eigenvalue weighted by atomic mass is 9.87. The Balaban J connectivity index is 2.32. The fraction of sp³-hybridized carbons (Fsp3) is 0.389. The van der Waals surface area contributed by atoms with Crippen LogP contribution in [0.3, 0.4) is 0 Å². The average Bonchev–Trinajstić information content (AvgIpc) is 2.90. The van der Waals surface area contributed by atoms with E-state index >= 15 is 0 Å². The van der Waals surface area contributed by atoms with E-state index in [0.29, 0.717) is 17.8 Å². The predicted octanol–water partition coefficient (Wildman–Crippen LogP) is 2.20. The third-order valence-electron chi connectivity index (χ3n) is 3.87. The van der Waals surface area contributed by atoms with Gasteiger partial charge in [-0.15, -0.1) is 0 Å². The largest absolute Gasteiger partial charge is 0.497 e. The van der Waals surface area contributed by atoms with Crippen LogP contribution in [0.1, 0.15) is 42.4 Å². The molecular weight excluding hydrogens is 306 g/mol. The molecule has 0 spiro atoms. The second kappa shape index (κ2) is 6.86. The average molecular weight is 329 g/mol. The minimum absolute atomic E-state index is 0.0291. The summed E-state index contributed by atoms with van der Waals surface area (Å²) in [5.41, 5.74) is 6.76. The Morgan fingerprint density at radius 3 is 2.33 bits per heavy atom. The van der Waals surface area contributed by atoms with Gasteiger partial charge in [-0.1, -0.05) is 32.9 Å². The molecule has 0 fully saturated rings. The molecule has 0 saturated carbocycles. The number of methoxy groups -OCH3 is 1. The Morgan fingerprint density at radius 2 is 1.83 bits per heavy atom. The lowest BCUT2D eigenvalue weighted by molar-refractivity contribution is -0.125. The number of primary amides is 1. The number of carbonyl (C=O) groups is 2. The molecule has 0 saturated heterocycles. The highest BCUT2D eigenvalue weighted by Gasteiger charge is 2.25. The van der Waals surface area contributed by atoms with Crippen LogP contribution in [0, 0.1) is 5.41 Å². The van der Waals surface area contributed by atoms with Gasteiger partial charge in [0.05, 0.1) is 31.1 Å². The van der Waals surface area contributed by atoms with Crippen molar-refractivity contribution in [3.8, 4) is 5.75 Å². The molecular formula is C18H23N3O3. The molecule has 0 atom stereocenters. The summed E-state index contributed by atoms with van der Waals surface area (Å²) in [5.74, 6) is 0.217. The summed E-state index contributed by atoms with van der Waals surface area (Å²) in [4.78, 5) is 24.0. The van der Waals surface area contributed by atoms with Gasteiger partial charge in [0.15, 0.2) is 0 Å². The number of hydrogen-bond donors (Lipinski definition) is 1. The maximum absolute atomic E-state index is 12.4. The first-order valence-corrected chi connectivity index (χ1v) is 7.73. The molecule has 6 nitrogen and oxygen atoms in total. The first-order chi connectivity index (χ1) is 11.2. The van der Waals surface area contributed by atoms with Crippen LogP contribution < -0.4 is 10.5 Å². The van der Waals surface area contributed by atoms with Crippen molar-refractivity contribution in [2.45, 2.75) is 33.7 Å². The molecule has 0 aliphatic rings. The molecule has 24 heavy (non-hydrogen) atoms. The van der Waals surface area contributed by atoms with E-state index in [1.54, 1.807) is 11.8 Å². The van der Waals surface area contributed by atoms with Gasteiger partial charge in [-0.25, -0.2) is 0 Å². The summed E-state index contributed by atoms with van der Waals surface area (Å²) in [6.07, 6.45) is 1.55. The molecule has 0 aliphatic heterocycles. The van der Waals surface area contributed by atoms with Gasteiger partial charge in [0.25, 0.3) is 5.91 Å². The first kappa shape index (κ1) is 17.7. The van der Waals surface area contributed by atoms with Gasteiger partial charge in [0.2, 0.25) is 0 Å². The Hall–Kier alpha value is -2.63. The van der Waals surface area contributed by atoms with E-state index in [2.05, 4.69) is 5.10 Å². The van der Waals surface area contributed by atoms with Crippen molar-refractivity contribution in [3.63, 3.8) is 0 Å². The number of nitrogens with two attached hydrogens (primary N) is 1. The van der Waals surface area contributed by atoms with Crippen LogP contribution in [0.25, 0.3) is 0 Å². The summed E-state index contributed by atoms with van der Waals surface area (Å²) in [6.45, 7) is 6.00. The van der Waals surface area contributed by atoms with E-state index in [-0.39, 0.29) is 12.2 Å². The van der Waals surface area contributed by atoms with Crippen LogP contribution in [0.5, 0.6) is 5.75 Å². The topological polar surface area (TPSA) is 87.2 Å². The molecule has 1 heterocycles. The standard InChI is InChI=1S/C18H23N3O3/c1-18(2,3)16(22)9-15-14(17(19)23)10-20-21(15)11-12-5-7-13(24-4)8-6-12/h5-8,10H,9,11H2,1-4H3,(H2,19,23). The number of hydrogen-bond acceptors (Lipinski definition) is 4. The normalized spacial score (nSPS) is 11.3. The van der Waals surface area contributed by atoms with Gasteiger partial charge in [-0.2, -0.15) is 5.10 Å². The van der Waals surface area contributed by atoms with E-state index in [9.17, 15) is 9.59 Å². The van der Waals surface area contributed by atoms with E-state index in [1.807, 2.05) is 45.0 Å². The lowest BCUT2D eigenvalue weighted by Crippen LogP contribution is -2.25. The van der Waals surface area contributed by atoms with Crippen molar-refractivity contribution in [1.82, 2.24) is 9.78 Å². The Kier molecular flexibility index (Phi) is 5.07. The van der Waals surface area contributed by atoms with Gasteiger partial charge >= 0.3 is 0 Å². The van der Waals surface area contributed by atoms with Gasteiger partial charge < -0.3 is 10.5 Å². The number of Topliss-reactive ketones (excluding diaryl/α,β-unsaturated/α-hetero) is 1. The zero-order valence-corrected chi connectivity index (χ0v) is 14.5. The molecule has 1 amide bonds. The van der Waals surface area contributed by atoms with Crippen LogP contribution in [-0.4, -0.2) is 28.6 Å². The second-order valence-corrected chi connectivity index (χ2v) is 6.72. The second-order valence-electron chi connectivity index (χ2n) is 6.72. The number of carbonyl (C=O) groups excluding carboxylic acids is 2. The minimum Gasteiger partial charge on any atom is -0.497 e. The van der Waals surface area contributed by atoms with E-state index in [0.717, 1.165) is 11.3 Å². The summed E-state index contributed by atoms with van der Waals surface area (Å²) >= 11 is 0. The highest BCUT2D eigenvalue weighted by atomic mass is 16.5. The fourth-order valence-corrected chi connectivity index (χ4v) is 2.26. The van der Waals surface area contributed by atoms with E-state index < -0.39 is 11.3 Å². The summed E-state index contributed by atoms with van der Waals surface area (Å²) in [6, 6.07) is 7.54. The number of aromatic nitrogens is 2. The van der Waals surface area contributed by atoms with Crippen LogP contribution in [0.2, 0.25) is 0 Å². The maximum Gasteiger partial charge on any atom is 0.252 e. The molecule has 128 valence electrons. The highest BCUT2D eigenvalue weighted by Crippen LogP contribution is 2.21. The van der Waals surface area contributed by atoms with E-state index in [1.165, 1.54) is 6.20 Å². The predicted molar refractivity (Wildman–Crippen MR) is 91.0 cm³/mol. The van der Waals surface area contributed by atoms with Crippen molar-refractivity contribution < 1.29 is 14.3 Å². The van der Waals surface area contributed by atoms with Crippen molar-refractivity contribution in [2.75, 3.05) is 7.11 Å². The Morgan fingerprint density at radius 1 is 1.21 bits per heavy atom. The Labute approximate surface area is 141 Å². The lowest BCUT2D eigenvalue weighted by Gasteiger charge is -2.17. The van der Waals surface area contributed by atoms with Crippen molar-refractivity contribution in [2.24, 2.45) is 11.1 Å².